The molecule has 9 nitrogen and oxygen atoms in total. The van der Waals surface area contributed by atoms with E-state index in [4.69, 9.17) is 0 Å². The van der Waals surface area contributed by atoms with Gasteiger partial charge >= 0.3 is 0 Å². The Balaban J connectivity index is 0.00000392. The number of hydrogen-bond acceptors (Lipinski definition) is 5. The van der Waals surface area contributed by atoms with Crippen molar-refractivity contribution in [1.29, 1.82) is 0 Å². The molecule has 0 aliphatic carbocycles. The van der Waals surface area contributed by atoms with E-state index in [1.807, 2.05) is 33.5 Å². The predicted octanol–water partition coefficient (Wildman–Crippen LogP) is 0.620. The van der Waals surface area contributed by atoms with Crippen LogP contribution in [-0.4, -0.2) is 85.9 Å². The Bertz CT molecular complexity index is 728. The van der Waals surface area contributed by atoms with Crippen LogP contribution in [0.2, 0.25) is 0 Å². The second-order valence-corrected chi connectivity index (χ2v) is 9.36. The quantitative estimate of drug-likeness (QED) is 0.307. The molecule has 11 heteroatoms. The van der Waals surface area contributed by atoms with Gasteiger partial charge in [0.05, 0.1) is 18.0 Å². The monoisotopic (exact) mass is 527 g/mol. The molecule has 1 atom stereocenters. The molecule has 1 unspecified atom stereocenters. The van der Waals surface area contributed by atoms with Gasteiger partial charge in [-0.3, -0.25) is 9.67 Å². The maximum Gasteiger partial charge on any atom is 0.213 e. The number of aryl methyl sites for hydroxylation is 1. The second kappa shape index (κ2) is 11.3. The largest absolute Gasteiger partial charge is 0.354 e. The summed E-state index contributed by atoms with van der Waals surface area (Å²) in [6.07, 6.45) is 5.46. The normalized spacial score (nSPS) is 18.0. The van der Waals surface area contributed by atoms with E-state index >= 15 is 0 Å². The molecule has 2 rings (SSSR count). The SMILES string of the molecule is CCS(=O)(=O)N1CCC(NC(=NC)NCC(c2cnn(C)c2)N(C)C)CC1.I. The highest BCUT2D eigenvalue weighted by atomic mass is 127. The lowest BCUT2D eigenvalue weighted by molar-refractivity contribution is 0.293. The van der Waals surface area contributed by atoms with Gasteiger partial charge in [0, 0.05) is 51.5 Å². The van der Waals surface area contributed by atoms with Crippen LogP contribution >= 0.6 is 24.0 Å². The minimum atomic E-state index is -3.09. The summed E-state index contributed by atoms with van der Waals surface area (Å²) < 4.78 is 27.3. The number of piperidine rings is 1. The minimum Gasteiger partial charge on any atom is -0.354 e. The van der Waals surface area contributed by atoms with Crippen LogP contribution in [0.3, 0.4) is 0 Å². The summed E-state index contributed by atoms with van der Waals surface area (Å²) in [5.41, 5.74) is 1.14. The number of aliphatic imine (C=N–C) groups is 1. The Morgan fingerprint density at radius 2 is 2.04 bits per heavy atom. The number of halogens is 1. The summed E-state index contributed by atoms with van der Waals surface area (Å²) in [5.74, 6) is 0.900. The van der Waals surface area contributed by atoms with Gasteiger partial charge in [-0.25, -0.2) is 12.7 Å². The molecule has 1 saturated heterocycles. The zero-order chi connectivity index (χ0) is 20.0. The van der Waals surface area contributed by atoms with E-state index in [1.165, 1.54) is 0 Å². The highest BCUT2D eigenvalue weighted by Gasteiger charge is 2.27. The molecular weight excluding hydrogens is 493 g/mol. The van der Waals surface area contributed by atoms with Gasteiger partial charge in [-0.15, -0.1) is 24.0 Å². The zero-order valence-corrected chi connectivity index (χ0v) is 20.6. The van der Waals surface area contributed by atoms with Crippen molar-refractivity contribution in [3.05, 3.63) is 18.0 Å². The van der Waals surface area contributed by atoms with Crippen LogP contribution in [0.25, 0.3) is 0 Å². The smallest absolute Gasteiger partial charge is 0.213 e. The fourth-order valence-electron chi connectivity index (χ4n) is 3.25. The van der Waals surface area contributed by atoms with Crippen LogP contribution in [-0.2, 0) is 17.1 Å². The summed E-state index contributed by atoms with van der Waals surface area (Å²) in [6.45, 7) is 3.50. The molecule has 2 heterocycles. The standard InChI is InChI=1S/C17H33N7O2S.HI/c1-6-27(25,26)24-9-7-15(8-10-24)21-17(18-2)19-12-16(22(3)4)14-11-20-23(5)13-14;/h11,13,15-16H,6-10,12H2,1-5H3,(H2,18,19,21);1H. The maximum atomic E-state index is 12.0. The van der Waals surface area contributed by atoms with E-state index in [0.717, 1.165) is 24.4 Å². The highest BCUT2D eigenvalue weighted by Crippen LogP contribution is 2.17. The molecule has 28 heavy (non-hydrogen) atoms. The summed E-state index contributed by atoms with van der Waals surface area (Å²) >= 11 is 0. The average Bonchev–Trinajstić information content (AvgIpc) is 3.07. The van der Waals surface area contributed by atoms with Crippen molar-refractivity contribution in [2.45, 2.75) is 31.8 Å². The number of guanidine groups is 1. The zero-order valence-electron chi connectivity index (χ0n) is 17.4. The molecule has 0 aromatic carbocycles. The molecule has 2 N–H and O–H groups in total. The lowest BCUT2D eigenvalue weighted by Crippen LogP contribution is -2.50. The third kappa shape index (κ3) is 6.85. The van der Waals surface area contributed by atoms with E-state index in [9.17, 15) is 8.42 Å². The molecule has 0 amide bonds. The summed E-state index contributed by atoms with van der Waals surface area (Å²) in [6, 6.07) is 0.393. The van der Waals surface area contributed by atoms with Gasteiger partial charge in [0.1, 0.15) is 0 Å². The molecule has 0 bridgehead atoms. The molecule has 1 aromatic heterocycles. The number of aromatic nitrogens is 2. The second-order valence-electron chi connectivity index (χ2n) is 7.10. The lowest BCUT2D eigenvalue weighted by Gasteiger charge is -2.32. The van der Waals surface area contributed by atoms with Crippen LogP contribution in [0.4, 0.5) is 0 Å². The fourth-order valence-corrected chi connectivity index (χ4v) is 4.39. The van der Waals surface area contributed by atoms with Gasteiger partial charge in [0.25, 0.3) is 0 Å². The van der Waals surface area contributed by atoms with Crippen molar-refractivity contribution in [1.82, 2.24) is 29.6 Å². The Labute approximate surface area is 186 Å². The van der Waals surface area contributed by atoms with E-state index in [1.54, 1.807) is 23.0 Å². The molecule has 162 valence electrons. The van der Waals surface area contributed by atoms with Crippen LogP contribution in [0.1, 0.15) is 31.4 Å². The maximum absolute atomic E-state index is 12.0. The lowest BCUT2D eigenvalue weighted by atomic mass is 10.1. The molecule has 0 radical (unpaired) electrons. The average molecular weight is 527 g/mol. The number of hydrogen-bond donors (Lipinski definition) is 2. The van der Waals surface area contributed by atoms with E-state index in [0.29, 0.717) is 19.6 Å². The van der Waals surface area contributed by atoms with E-state index in [2.05, 4.69) is 25.6 Å². The fraction of sp³-hybridized carbons (Fsp3) is 0.765. The van der Waals surface area contributed by atoms with Gasteiger partial charge in [0.15, 0.2) is 5.96 Å². The van der Waals surface area contributed by atoms with Crippen LogP contribution in [0.5, 0.6) is 0 Å². The van der Waals surface area contributed by atoms with E-state index < -0.39 is 10.0 Å². The number of rotatable bonds is 7. The van der Waals surface area contributed by atoms with Crippen molar-refractivity contribution in [2.24, 2.45) is 12.0 Å². The van der Waals surface area contributed by atoms with Gasteiger partial charge in [0.2, 0.25) is 10.0 Å². The molecule has 1 aromatic rings. The first-order valence-electron chi connectivity index (χ1n) is 9.36. The first-order valence-corrected chi connectivity index (χ1v) is 11.0. The Kier molecular flexibility index (Phi) is 10.1. The molecule has 1 fully saturated rings. The Hall–Kier alpha value is -0.920. The van der Waals surface area contributed by atoms with Crippen LogP contribution in [0.15, 0.2) is 17.4 Å². The third-order valence-corrected chi connectivity index (χ3v) is 6.85. The van der Waals surface area contributed by atoms with Gasteiger partial charge in [-0.2, -0.15) is 5.10 Å². The topological polar surface area (TPSA) is 94.9 Å². The molecule has 0 saturated carbocycles. The summed E-state index contributed by atoms with van der Waals surface area (Å²) in [7, 11) is 4.65. The van der Waals surface area contributed by atoms with Crippen LogP contribution in [0, 0.1) is 0 Å². The molecular formula is C17H34IN7O2S. The first-order chi connectivity index (χ1) is 12.8. The highest BCUT2D eigenvalue weighted by molar-refractivity contribution is 14.0. The van der Waals surface area contributed by atoms with Crippen molar-refractivity contribution >= 4 is 40.0 Å². The number of likely N-dealkylation sites (N-methyl/N-ethyl adjacent to an activating group) is 1. The first kappa shape index (κ1) is 25.1. The molecule has 1 aliphatic rings. The van der Waals surface area contributed by atoms with Crippen molar-refractivity contribution in [2.75, 3.05) is 46.5 Å². The number of nitrogens with zero attached hydrogens (tertiary/aromatic N) is 5. The van der Waals surface area contributed by atoms with Gasteiger partial charge < -0.3 is 15.5 Å². The molecule has 1 aliphatic heterocycles. The Morgan fingerprint density at radius 3 is 2.50 bits per heavy atom. The van der Waals surface area contributed by atoms with Crippen LogP contribution < -0.4 is 10.6 Å². The molecule has 0 spiro atoms. The summed E-state index contributed by atoms with van der Waals surface area (Å²) in [5, 5.41) is 11.1. The Morgan fingerprint density at radius 1 is 1.39 bits per heavy atom. The predicted molar refractivity (Wildman–Crippen MR) is 124 cm³/mol. The minimum absolute atomic E-state index is 0. The van der Waals surface area contributed by atoms with Gasteiger partial charge in [-0.1, -0.05) is 0 Å². The van der Waals surface area contributed by atoms with Crippen molar-refractivity contribution in [3.8, 4) is 0 Å². The summed E-state index contributed by atoms with van der Waals surface area (Å²) in [4.78, 5) is 6.46. The number of nitrogens with one attached hydrogen (secondary N) is 2. The number of sulfonamides is 1. The van der Waals surface area contributed by atoms with Crippen molar-refractivity contribution < 1.29 is 8.42 Å². The van der Waals surface area contributed by atoms with E-state index in [-0.39, 0.29) is 41.8 Å². The van der Waals surface area contributed by atoms with Gasteiger partial charge in [-0.05, 0) is 33.9 Å². The third-order valence-electron chi connectivity index (χ3n) is 4.97. The van der Waals surface area contributed by atoms with Crippen molar-refractivity contribution in [3.63, 3.8) is 0 Å².